The van der Waals surface area contributed by atoms with E-state index in [0.717, 1.165) is 15.7 Å². The van der Waals surface area contributed by atoms with Gasteiger partial charge in [-0.2, -0.15) is 0 Å². The molecule has 0 aromatic heterocycles. The molecule has 3 rings (SSSR count). The van der Waals surface area contributed by atoms with Crippen molar-refractivity contribution in [1.29, 1.82) is 0 Å². The van der Waals surface area contributed by atoms with Gasteiger partial charge < -0.3 is 15.4 Å². The molecule has 2 amide bonds. The molecule has 0 heterocycles. The Hall–Kier alpha value is -3.32. The van der Waals surface area contributed by atoms with E-state index in [1.54, 1.807) is 24.3 Å². The molecule has 0 unspecified atom stereocenters. The SMILES string of the molecule is CNC(=O)c1cccc(NC(=O)COC(=O)CSc2ccc3ccccc3c2)c1. The van der Waals surface area contributed by atoms with E-state index in [9.17, 15) is 14.4 Å². The van der Waals surface area contributed by atoms with Crippen molar-refractivity contribution in [3.05, 3.63) is 72.3 Å². The number of carbonyl (C=O) groups excluding carboxylic acids is 3. The minimum atomic E-state index is -0.475. The number of thioether (sulfide) groups is 1. The Balaban J connectivity index is 1.46. The number of esters is 1. The summed E-state index contributed by atoms with van der Waals surface area (Å²) < 4.78 is 5.03. The van der Waals surface area contributed by atoms with E-state index in [4.69, 9.17) is 4.74 Å². The lowest BCUT2D eigenvalue weighted by Gasteiger charge is -2.08. The third-order valence-corrected chi connectivity index (χ3v) is 5.04. The normalized spacial score (nSPS) is 10.4. The number of carbonyl (C=O) groups is 3. The maximum atomic E-state index is 12.0. The van der Waals surface area contributed by atoms with E-state index in [-0.39, 0.29) is 18.3 Å². The van der Waals surface area contributed by atoms with Gasteiger partial charge in [0.15, 0.2) is 6.61 Å². The van der Waals surface area contributed by atoms with Gasteiger partial charge in [-0.15, -0.1) is 11.8 Å². The first-order valence-electron chi connectivity index (χ1n) is 8.94. The van der Waals surface area contributed by atoms with Gasteiger partial charge in [0.2, 0.25) is 0 Å². The van der Waals surface area contributed by atoms with Gasteiger partial charge in [0, 0.05) is 23.2 Å². The number of fused-ring (bicyclic) bond motifs is 1. The Morgan fingerprint density at radius 3 is 2.52 bits per heavy atom. The van der Waals surface area contributed by atoms with Crippen LogP contribution < -0.4 is 10.6 Å². The van der Waals surface area contributed by atoms with Crippen LogP contribution in [0.25, 0.3) is 10.8 Å². The summed E-state index contributed by atoms with van der Waals surface area (Å²) in [6.45, 7) is -0.388. The van der Waals surface area contributed by atoms with Crippen LogP contribution in [0.15, 0.2) is 71.6 Å². The van der Waals surface area contributed by atoms with E-state index in [0.29, 0.717) is 11.3 Å². The van der Waals surface area contributed by atoms with Crippen LogP contribution in [0.5, 0.6) is 0 Å². The fourth-order valence-corrected chi connectivity index (χ4v) is 3.41. The average Bonchev–Trinajstić information content (AvgIpc) is 2.75. The zero-order valence-electron chi connectivity index (χ0n) is 15.8. The van der Waals surface area contributed by atoms with E-state index >= 15 is 0 Å². The fourth-order valence-electron chi connectivity index (χ4n) is 2.67. The zero-order valence-corrected chi connectivity index (χ0v) is 16.6. The molecule has 0 spiro atoms. The molecule has 0 saturated heterocycles. The molecule has 2 N–H and O–H groups in total. The molecule has 3 aromatic rings. The van der Waals surface area contributed by atoms with Crippen LogP contribution in [0.2, 0.25) is 0 Å². The van der Waals surface area contributed by atoms with Crippen LogP contribution in [-0.2, 0) is 14.3 Å². The van der Waals surface area contributed by atoms with Gasteiger partial charge in [0.1, 0.15) is 0 Å². The van der Waals surface area contributed by atoms with Crippen LogP contribution in [-0.4, -0.2) is 37.2 Å². The summed E-state index contributed by atoms with van der Waals surface area (Å²) in [5.41, 5.74) is 0.881. The minimum Gasteiger partial charge on any atom is -0.455 e. The Bertz CT molecular complexity index is 1050. The summed E-state index contributed by atoms with van der Waals surface area (Å²) in [6.07, 6.45) is 0. The van der Waals surface area contributed by atoms with Gasteiger partial charge in [-0.25, -0.2) is 0 Å². The quantitative estimate of drug-likeness (QED) is 0.462. The second kappa shape index (κ2) is 9.75. The maximum Gasteiger partial charge on any atom is 0.316 e. The molecule has 0 aliphatic carbocycles. The second-order valence-corrected chi connectivity index (χ2v) is 7.22. The van der Waals surface area contributed by atoms with Gasteiger partial charge >= 0.3 is 5.97 Å². The molecule has 0 atom stereocenters. The van der Waals surface area contributed by atoms with E-state index in [1.807, 2.05) is 42.5 Å². The second-order valence-electron chi connectivity index (χ2n) is 6.17. The number of hydrogen-bond acceptors (Lipinski definition) is 5. The third kappa shape index (κ3) is 5.83. The molecule has 0 radical (unpaired) electrons. The highest BCUT2D eigenvalue weighted by Crippen LogP contribution is 2.23. The van der Waals surface area contributed by atoms with Crippen LogP contribution in [0.1, 0.15) is 10.4 Å². The van der Waals surface area contributed by atoms with Crippen molar-refractivity contribution in [2.24, 2.45) is 0 Å². The van der Waals surface area contributed by atoms with Crippen LogP contribution in [0.3, 0.4) is 0 Å². The van der Waals surface area contributed by atoms with Gasteiger partial charge in [-0.1, -0.05) is 36.4 Å². The Labute approximate surface area is 172 Å². The molecule has 7 heteroatoms. The Morgan fingerprint density at radius 1 is 0.931 bits per heavy atom. The first-order chi connectivity index (χ1) is 14.0. The average molecular weight is 408 g/mol. The predicted molar refractivity (Wildman–Crippen MR) is 114 cm³/mol. The van der Waals surface area contributed by atoms with Crippen LogP contribution >= 0.6 is 11.8 Å². The van der Waals surface area contributed by atoms with E-state index in [1.165, 1.54) is 18.8 Å². The largest absolute Gasteiger partial charge is 0.455 e. The molecule has 0 saturated carbocycles. The third-order valence-electron chi connectivity index (χ3n) is 4.08. The summed E-state index contributed by atoms with van der Waals surface area (Å²) in [5, 5.41) is 7.36. The van der Waals surface area contributed by atoms with Crippen LogP contribution in [0, 0.1) is 0 Å². The highest BCUT2D eigenvalue weighted by molar-refractivity contribution is 8.00. The van der Waals surface area contributed by atoms with Crippen molar-refractivity contribution in [1.82, 2.24) is 5.32 Å². The number of hydrogen-bond donors (Lipinski definition) is 2. The van der Waals surface area contributed by atoms with Crippen molar-refractivity contribution >= 4 is 46.0 Å². The molecule has 6 nitrogen and oxygen atoms in total. The molecular weight excluding hydrogens is 388 g/mol. The summed E-state index contributed by atoms with van der Waals surface area (Å²) in [7, 11) is 1.53. The van der Waals surface area contributed by atoms with Crippen molar-refractivity contribution in [2.45, 2.75) is 4.90 Å². The molecule has 3 aromatic carbocycles. The first kappa shape index (κ1) is 20.4. The van der Waals surface area contributed by atoms with Crippen molar-refractivity contribution in [3.63, 3.8) is 0 Å². The van der Waals surface area contributed by atoms with E-state index in [2.05, 4.69) is 10.6 Å². The summed E-state index contributed by atoms with van der Waals surface area (Å²) >= 11 is 1.36. The Morgan fingerprint density at radius 2 is 1.72 bits per heavy atom. The van der Waals surface area contributed by atoms with Crippen LogP contribution in [0.4, 0.5) is 5.69 Å². The topological polar surface area (TPSA) is 84.5 Å². The molecule has 0 aliphatic rings. The number of rotatable bonds is 7. The number of amides is 2. The molecule has 0 aliphatic heterocycles. The number of benzene rings is 3. The summed E-state index contributed by atoms with van der Waals surface area (Å²) in [4.78, 5) is 36.5. The van der Waals surface area contributed by atoms with Gasteiger partial charge in [-0.05, 0) is 41.1 Å². The summed E-state index contributed by atoms with van der Waals surface area (Å²) in [5.74, 6) is -1.09. The lowest BCUT2D eigenvalue weighted by atomic mass is 10.1. The molecule has 29 heavy (non-hydrogen) atoms. The van der Waals surface area contributed by atoms with Gasteiger partial charge in [-0.3, -0.25) is 14.4 Å². The highest BCUT2D eigenvalue weighted by Gasteiger charge is 2.10. The predicted octanol–water partition coefficient (Wildman–Crippen LogP) is 3.47. The minimum absolute atomic E-state index is 0.109. The van der Waals surface area contributed by atoms with E-state index < -0.39 is 11.9 Å². The lowest BCUT2D eigenvalue weighted by Crippen LogP contribution is -2.22. The maximum absolute atomic E-state index is 12.0. The first-order valence-corrected chi connectivity index (χ1v) is 9.93. The van der Waals surface area contributed by atoms with Gasteiger partial charge in [0.05, 0.1) is 5.75 Å². The fraction of sp³-hybridized carbons (Fsp3) is 0.136. The molecule has 0 bridgehead atoms. The number of anilines is 1. The molecule has 148 valence electrons. The Kier molecular flexibility index (Phi) is 6.86. The lowest BCUT2D eigenvalue weighted by molar-refractivity contribution is -0.144. The van der Waals surface area contributed by atoms with Gasteiger partial charge in [0.25, 0.3) is 11.8 Å². The molecule has 0 fully saturated rings. The number of ether oxygens (including phenoxy) is 1. The molecular formula is C22H20N2O4S. The zero-order chi connectivity index (χ0) is 20.6. The highest BCUT2D eigenvalue weighted by atomic mass is 32.2. The smallest absolute Gasteiger partial charge is 0.316 e. The van der Waals surface area contributed by atoms with Crippen molar-refractivity contribution in [2.75, 3.05) is 24.7 Å². The summed E-state index contributed by atoms with van der Waals surface area (Å²) in [6, 6.07) is 20.5. The monoisotopic (exact) mass is 408 g/mol. The van der Waals surface area contributed by atoms with Crippen molar-refractivity contribution < 1.29 is 19.1 Å². The van der Waals surface area contributed by atoms with Crippen molar-refractivity contribution in [3.8, 4) is 0 Å². The number of nitrogens with one attached hydrogen (secondary N) is 2. The standard InChI is InChI=1S/C22H20N2O4S/c1-23-22(27)17-7-4-8-18(11-17)24-20(25)13-28-21(26)14-29-19-10-9-15-5-2-3-6-16(15)12-19/h2-12H,13-14H2,1H3,(H,23,27)(H,24,25).